The highest BCUT2D eigenvalue weighted by atomic mass is 35.5. The van der Waals surface area contributed by atoms with E-state index in [1.54, 1.807) is 6.92 Å². The van der Waals surface area contributed by atoms with Gasteiger partial charge in [0.2, 0.25) is 0 Å². The molecule has 148 valence electrons. The van der Waals surface area contributed by atoms with Crippen LogP contribution in [0.1, 0.15) is 30.1 Å². The Bertz CT molecular complexity index is 696. The van der Waals surface area contributed by atoms with Crippen LogP contribution in [0, 0.1) is 0 Å². The molecule has 0 spiro atoms. The van der Waals surface area contributed by atoms with Gasteiger partial charge < -0.3 is 20.1 Å². The van der Waals surface area contributed by atoms with Gasteiger partial charge >= 0.3 is 11.9 Å². The van der Waals surface area contributed by atoms with Crippen LogP contribution in [0.25, 0.3) is 0 Å². The molecule has 0 atom stereocenters. The number of carbonyl (C=O) groups is 4. The molecule has 2 N–H and O–H groups in total. The molecule has 0 bridgehead atoms. The van der Waals surface area contributed by atoms with Crippen LogP contribution < -0.4 is 10.6 Å². The summed E-state index contributed by atoms with van der Waals surface area (Å²) in [7, 11) is 0. The van der Waals surface area contributed by atoms with Gasteiger partial charge in [-0.2, -0.15) is 0 Å². The fourth-order valence-electron chi connectivity index (χ4n) is 1.86. The normalized spacial score (nSPS) is 10.0. The second-order valence-electron chi connectivity index (χ2n) is 5.23. The van der Waals surface area contributed by atoms with Crippen molar-refractivity contribution in [3.63, 3.8) is 0 Å². The lowest BCUT2D eigenvalue weighted by atomic mass is 10.2. The Morgan fingerprint density at radius 2 is 1.78 bits per heavy atom. The Labute approximate surface area is 166 Å². The highest BCUT2D eigenvalue weighted by molar-refractivity contribution is 6.36. The predicted octanol–water partition coefficient (Wildman–Crippen LogP) is 1.73. The van der Waals surface area contributed by atoms with E-state index in [1.165, 1.54) is 18.2 Å². The van der Waals surface area contributed by atoms with Crippen molar-refractivity contribution in [1.82, 2.24) is 10.6 Å². The van der Waals surface area contributed by atoms with Crippen molar-refractivity contribution in [1.29, 1.82) is 0 Å². The minimum absolute atomic E-state index is 0.149. The SMILES string of the molecule is CCOC(=O)CCCNC(=O)COC(=O)CNC(=O)c1ccc(Cl)cc1Cl. The summed E-state index contributed by atoms with van der Waals surface area (Å²) < 4.78 is 9.49. The summed E-state index contributed by atoms with van der Waals surface area (Å²) >= 11 is 11.6. The van der Waals surface area contributed by atoms with Crippen LogP contribution in [0.4, 0.5) is 0 Å². The van der Waals surface area contributed by atoms with Crippen LogP contribution in [-0.4, -0.2) is 50.1 Å². The number of hydrogen-bond donors (Lipinski definition) is 2. The third kappa shape index (κ3) is 9.25. The minimum Gasteiger partial charge on any atom is -0.466 e. The maximum absolute atomic E-state index is 11.9. The van der Waals surface area contributed by atoms with Gasteiger partial charge in [0.1, 0.15) is 6.54 Å². The summed E-state index contributed by atoms with van der Waals surface area (Å²) in [5.41, 5.74) is 0.160. The van der Waals surface area contributed by atoms with Gasteiger partial charge in [-0.3, -0.25) is 19.2 Å². The number of esters is 2. The molecule has 0 saturated heterocycles. The van der Waals surface area contributed by atoms with Gasteiger partial charge in [-0.15, -0.1) is 0 Å². The molecule has 0 aliphatic rings. The van der Waals surface area contributed by atoms with Crippen LogP contribution in [-0.2, 0) is 23.9 Å². The van der Waals surface area contributed by atoms with E-state index in [-0.39, 0.29) is 29.5 Å². The van der Waals surface area contributed by atoms with Crippen LogP contribution in [0.3, 0.4) is 0 Å². The first-order valence-electron chi connectivity index (χ1n) is 8.14. The van der Waals surface area contributed by atoms with Crippen LogP contribution in [0.15, 0.2) is 18.2 Å². The molecule has 0 aliphatic carbocycles. The molecule has 0 aromatic heterocycles. The van der Waals surface area contributed by atoms with Crippen molar-refractivity contribution < 1.29 is 28.7 Å². The van der Waals surface area contributed by atoms with E-state index in [0.717, 1.165) is 0 Å². The number of rotatable bonds is 10. The fourth-order valence-corrected chi connectivity index (χ4v) is 2.36. The highest BCUT2D eigenvalue weighted by Crippen LogP contribution is 2.20. The molecule has 10 heteroatoms. The monoisotopic (exact) mass is 418 g/mol. The van der Waals surface area contributed by atoms with E-state index in [1.807, 2.05) is 0 Å². The molecule has 0 radical (unpaired) electrons. The molecule has 0 fully saturated rings. The van der Waals surface area contributed by atoms with Gasteiger partial charge in [0, 0.05) is 18.0 Å². The lowest BCUT2D eigenvalue weighted by molar-refractivity contribution is -0.147. The van der Waals surface area contributed by atoms with E-state index < -0.39 is 30.9 Å². The Balaban J connectivity index is 2.22. The first-order valence-corrected chi connectivity index (χ1v) is 8.90. The van der Waals surface area contributed by atoms with E-state index in [9.17, 15) is 19.2 Å². The maximum Gasteiger partial charge on any atom is 0.325 e. The first-order chi connectivity index (χ1) is 12.8. The zero-order valence-electron chi connectivity index (χ0n) is 14.7. The summed E-state index contributed by atoms with van der Waals surface area (Å²) in [5, 5.41) is 5.36. The van der Waals surface area contributed by atoms with E-state index in [4.69, 9.17) is 32.7 Å². The number of amides is 2. The van der Waals surface area contributed by atoms with Crippen LogP contribution >= 0.6 is 23.2 Å². The van der Waals surface area contributed by atoms with Gasteiger partial charge in [-0.05, 0) is 31.5 Å². The Hall–Kier alpha value is -2.32. The largest absolute Gasteiger partial charge is 0.466 e. The van der Waals surface area contributed by atoms with Crippen molar-refractivity contribution in [2.75, 3.05) is 26.3 Å². The second kappa shape index (κ2) is 12.1. The molecular formula is C17H20Cl2N2O6. The molecule has 0 unspecified atom stereocenters. The molecule has 0 heterocycles. The molecule has 0 aliphatic heterocycles. The molecule has 8 nitrogen and oxygen atoms in total. The van der Waals surface area contributed by atoms with E-state index in [0.29, 0.717) is 18.1 Å². The second-order valence-corrected chi connectivity index (χ2v) is 6.07. The Kier molecular flexibility index (Phi) is 10.2. The summed E-state index contributed by atoms with van der Waals surface area (Å²) in [6, 6.07) is 4.32. The minimum atomic E-state index is -0.782. The summed E-state index contributed by atoms with van der Waals surface area (Å²) in [6.07, 6.45) is 0.601. The lowest BCUT2D eigenvalue weighted by Crippen LogP contribution is -2.34. The standard InChI is InChI=1S/C17H20Cl2N2O6/c1-2-26-15(23)4-3-7-20-14(22)10-27-16(24)9-21-17(25)12-6-5-11(18)8-13(12)19/h5-6,8H,2-4,7,9-10H2,1H3,(H,20,22)(H,21,25). The van der Waals surface area contributed by atoms with Gasteiger partial charge in [0.05, 0.1) is 17.2 Å². The number of carbonyl (C=O) groups excluding carboxylic acids is 4. The molecule has 2 amide bonds. The molecule has 1 rings (SSSR count). The van der Waals surface area contributed by atoms with Crippen molar-refractivity contribution in [2.45, 2.75) is 19.8 Å². The Morgan fingerprint density at radius 3 is 2.44 bits per heavy atom. The topological polar surface area (TPSA) is 111 Å². The molecule has 1 aromatic rings. The van der Waals surface area contributed by atoms with Crippen molar-refractivity contribution in [3.05, 3.63) is 33.8 Å². The fraction of sp³-hybridized carbons (Fsp3) is 0.412. The van der Waals surface area contributed by atoms with Crippen molar-refractivity contribution >= 4 is 47.0 Å². The Morgan fingerprint density at radius 1 is 1.04 bits per heavy atom. The third-order valence-corrected chi connectivity index (χ3v) is 3.67. The highest BCUT2D eigenvalue weighted by Gasteiger charge is 2.13. The van der Waals surface area contributed by atoms with Gasteiger partial charge in [0.25, 0.3) is 11.8 Å². The number of benzene rings is 1. The quantitative estimate of drug-likeness (QED) is 0.442. The lowest BCUT2D eigenvalue weighted by Gasteiger charge is -2.08. The van der Waals surface area contributed by atoms with Gasteiger partial charge in [-0.1, -0.05) is 23.2 Å². The van der Waals surface area contributed by atoms with Crippen LogP contribution in [0.5, 0.6) is 0 Å². The number of halogens is 2. The molecule has 1 aromatic carbocycles. The van der Waals surface area contributed by atoms with Gasteiger partial charge in [0.15, 0.2) is 6.61 Å². The summed E-state index contributed by atoms with van der Waals surface area (Å²) in [6.45, 7) is 1.35. The third-order valence-electron chi connectivity index (χ3n) is 3.12. The number of ether oxygens (including phenoxy) is 2. The van der Waals surface area contributed by atoms with E-state index in [2.05, 4.69) is 10.6 Å². The molecule has 0 saturated carbocycles. The van der Waals surface area contributed by atoms with Crippen molar-refractivity contribution in [2.24, 2.45) is 0 Å². The molecular weight excluding hydrogens is 399 g/mol. The maximum atomic E-state index is 11.9. The average Bonchev–Trinajstić information content (AvgIpc) is 2.61. The zero-order valence-corrected chi connectivity index (χ0v) is 16.2. The predicted molar refractivity (Wildman–Crippen MR) is 98.6 cm³/mol. The number of hydrogen-bond acceptors (Lipinski definition) is 6. The zero-order chi connectivity index (χ0) is 20.2. The number of nitrogens with one attached hydrogen (secondary N) is 2. The van der Waals surface area contributed by atoms with Gasteiger partial charge in [-0.25, -0.2) is 0 Å². The van der Waals surface area contributed by atoms with Crippen LogP contribution in [0.2, 0.25) is 10.0 Å². The summed E-state index contributed by atoms with van der Waals surface area (Å²) in [4.78, 5) is 46.2. The molecule has 27 heavy (non-hydrogen) atoms. The summed E-state index contributed by atoms with van der Waals surface area (Å²) in [5.74, 6) is -2.21. The smallest absolute Gasteiger partial charge is 0.325 e. The van der Waals surface area contributed by atoms with E-state index >= 15 is 0 Å². The first kappa shape index (κ1) is 22.7. The van der Waals surface area contributed by atoms with Crippen molar-refractivity contribution in [3.8, 4) is 0 Å². The average molecular weight is 419 g/mol.